The van der Waals surface area contributed by atoms with Crippen LogP contribution in [0.4, 0.5) is 0 Å². The number of rotatable bonds is 13. The first-order chi connectivity index (χ1) is 11.9. The van der Waals surface area contributed by atoms with Crippen LogP contribution in [0.25, 0.3) is 0 Å². The third-order valence-corrected chi connectivity index (χ3v) is 5.51. The van der Waals surface area contributed by atoms with Crippen molar-refractivity contribution in [2.75, 3.05) is 0 Å². The molecular formula is C21H38O4. The summed E-state index contributed by atoms with van der Waals surface area (Å²) in [7, 11) is 0. The lowest BCUT2D eigenvalue weighted by Gasteiger charge is -2.23. The van der Waals surface area contributed by atoms with Crippen molar-refractivity contribution in [3.63, 3.8) is 0 Å². The molecule has 0 spiro atoms. The van der Waals surface area contributed by atoms with Gasteiger partial charge in [-0.3, -0.25) is 4.79 Å². The molecule has 1 rings (SSSR count). The summed E-state index contributed by atoms with van der Waals surface area (Å²) >= 11 is 0. The molecule has 3 N–H and O–H groups in total. The Kier molecular flexibility index (Phi) is 10.4. The molecule has 0 amide bonds. The molecule has 4 atom stereocenters. The summed E-state index contributed by atoms with van der Waals surface area (Å²) in [5, 5.41) is 29.4. The summed E-state index contributed by atoms with van der Waals surface area (Å²) in [4.78, 5) is 10.5. The van der Waals surface area contributed by atoms with E-state index in [1.165, 1.54) is 0 Å². The minimum Gasteiger partial charge on any atom is -0.481 e. The number of carboxylic acid groups (broad SMARTS) is 1. The van der Waals surface area contributed by atoms with Gasteiger partial charge in [-0.05, 0) is 50.9 Å². The first-order valence-electron chi connectivity index (χ1n) is 10.2. The zero-order valence-corrected chi connectivity index (χ0v) is 16.1. The summed E-state index contributed by atoms with van der Waals surface area (Å²) < 4.78 is 0. The van der Waals surface area contributed by atoms with Crippen LogP contribution in [0.1, 0.15) is 90.9 Å². The molecule has 0 aromatic rings. The van der Waals surface area contributed by atoms with Crippen LogP contribution in [-0.4, -0.2) is 33.0 Å². The van der Waals surface area contributed by atoms with E-state index in [0.717, 1.165) is 70.6 Å². The van der Waals surface area contributed by atoms with Gasteiger partial charge in [0.25, 0.3) is 0 Å². The predicted octanol–water partition coefficient (Wildman–Crippen LogP) is 4.69. The van der Waals surface area contributed by atoms with Crippen molar-refractivity contribution in [2.24, 2.45) is 11.8 Å². The van der Waals surface area contributed by atoms with E-state index in [9.17, 15) is 15.0 Å². The Labute approximate surface area is 153 Å². The minimum atomic E-state index is -0.746. The van der Waals surface area contributed by atoms with Crippen LogP contribution in [-0.2, 0) is 4.79 Å². The van der Waals surface area contributed by atoms with E-state index in [4.69, 9.17) is 5.11 Å². The van der Waals surface area contributed by atoms with Crippen LogP contribution >= 0.6 is 0 Å². The van der Waals surface area contributed by atoms with Gasteiger partial charge in [0.2, 0.25) is 0 Å². The zero-order valence-electron chi connectivity index (χ0n) is 16.1. The molecule has 3 unspecified atom stereocenters. The molecule has 0 aromatic heterocycles. The number of allylic oxidation sites excluding steroid dienone is 1. The second-order valence-electron chi connectivity index (χ2n) is 7.99. The van der Waals surface area contributed by atoms with E-state index in [-0.39, 0.29) is 18.4 Å². The SMILES string of the molecule is CCCCCC(C)(O)C=CC1CC[C@H](O)C1CCCCCCC(=O)O. The molecule has 1 aliphatic carbocycles. The second kappa shape index (κ2) is 11.7. The van der Waals surface area contributed by atoms with Crippen molar-refractivity contribution < 1.29 is 20.1 Å². The van der Waals surface area contributed by atoms with Crippen LogP contribution in [0.3, 0.4) is 0 Å². The van der Waals surface area contributed by atoms with Crippen molar-refractivity contribution in [3.8, 4) is 0 Å². The zero-order chi connectivity index (χ0) is 18.7. The lowest BCUT2D eigenvalue weighted by atomic mass is 9.87. The van der Waals surface area contributed by atoms with Gasteiger partial charge in [0.15, 0.2) is 0 Å². The summed E-state index contributed by atoms with van der Waals surface area (Å²) in [6.45, 7) is 4.04. The molecule has 0 aliphatic heterocycles. The minimum absolute atomic E-state index is 0.237. The maximum atomic E-state index is 10.5. The Bertz CT molecular complexity index is 403. The molecule has 0 saturated heterocycles. The third kappa shape index (κ3) is 9.41. The van der Waals surface area contributed by atoms with Crippen molar-refractivity contribution in [1.82, 2.24) is 0 Å². The number of hydrogen-bond acceptors (Lipinski definition) is 3. The van der Waals surface area contributed by atoms with Gasteiger partial charge in [0, 0.05) is 6.42 Å². The van der Waals surface area contributed by atoms with E-state index in [2.05, 4.69) is 13.0 Å². The van der Waals surface area contributed by atoms with E-state index in [1.54, 1.807) is 0 Å². The summed E-state index contributed by atoms with van der Waals surface area (Å²) in [6.07, 6.45) is 14.8. The van der Waals surface area contributed by atoms with Gasteiger partial charge in [-0.1, -0.05) is 57.6 Å². The number of carbonyl (C=O) groups is 1. The number of aliphatic hydroxyl groups excluding tert-OH is 1. The topological polar surface area (TPSA) is 77.8 Å². The Morgan fingerprint density at radius 1 is 1.12 bits per heavy atom. The molecule has 1 fully saturated rings. The molecule has 0 radical (unpaired) electrons. The Morgan fingerprint density at radius 2 is 1.84 bits per heavy atom. The van der Waals surface area contributed by atoms with Gasteiger partial charge < -0.3 is 15.3 Å². The fourth-order valence-corrected chi connectivity index (χ4v) is 3.88. The fraction of sp³-hybridized carbons (Fsp3) is 0.857. The highest BCUT2D eigenvalue weighted by atomic mass is 16.4. The highest BCUT2D eigenvalue weighted by Gasteiger charge is 2.33. The summed E-state index contributed by atoms with van der Waals surface area (Å²) in [6, 6.07) is 0. The highest BCUT2D eigenvalue weighted by Crippen LogP contribution is 2.37. The average Bonchev–Trinajstić information content (AvgIpc) is 2.89. The number of unbranched alkanes of at least 4 members (excludes halogenated alkanes) is 5. The summed E-state index contributed by atoms with van der Waals surface area (Å²) in [5.74, 6) is -0.0868. The Morgan fingerprint density at radius 3 is 2.52 bits per heavy atom. The van der Waals surface area contributed by atoms with Gasteiger partial charge in [-0.2, -0.15) is 0 Å². The van der Waals surface area contributed by atoms with Crippen molar-refractivity contribution >= 4 is 5.97 Å². The van der Waals surface area contributed by atoms with Crippen LogP contribution in [0, 0.1) is 11.8 Å². The smallest absolute Gasteiger partial charge is 0.303 e. The number of hydrogen-bond donors (Lipinski definition) is 3. The first-order valence-corrected chi connectivity index (χ1v) is 10.2. The number of carboxylic acids is 1. The van der Waals surface area contributed by atoms with Gasteiger partial charge in [-0.15, -0.1) is 0 Å². The largest absolute Gasteiger partial charge is 0.481 e. The first kappa shape index (κ1) is 22.2. The molecule has 1 aliphatic rings. The second-order valence-corrected chi connectivity index (χ2v) is 7.99. The van der Waals surface area contributed by atoms with Crippen LogP contribution < -0.4 is 0 Å². The van der Waals surface area contributed by atoms with Crippen molar-refractivity contribution in [3.05, 3.63) is 12.2 Å². The van der Waals surface area contributed by atoms with Crippen molar-refractivity contribution in [1.29, 1.82) is 0 Å². The molecule has 25 heavy (non-hydrogen) atoms. The molecule has 4 heteroatoms. The average molecular weight is 355 g/mol. The van der Waals surface area contributed by atoms with Crippen LogP contribution in [0.5, 0.6) is 0 Å². The van der Waals surface area contributed by atoms with Crippen LogP contribution in [0.2, 0.25) is 0 Å². The van der Waals surface area contributed by atoms with Gasteiger partial charge in [-0.25, -0.2) is 0 Å². The molecular weight excluding hydrogens is 316 g/mol. The molecule has 0 bridgehead atoms. The number of aliphatic hydroxyl groups is 2. The predicted molar refractivity (Wildman–Crippen MR) is 101 cm³/mol. The number of aliphatic carboxylic acids is 1. The normalized spacial score (nSPS) is 26.2. The monoisotopic (exact) mass is 354 g/mol. The van der Waals surface area contributed by atoms with Crippen molar-refractivity contribution in [2.45, 2.75) is 103 Å². The maximum absolute atomic E-state index is 10.5. The summed E-state index contributed by atoms with van der Waals surface area (Å²) in [5.41, 5.74) is -0.746. The standard InChI is InChI=1S/C21H38O4/c1-3-4-9-15-21(2,25)16-14-17-12-13-19(22)18(17)10-7-5-6-8-11-20(23)24/h14,16-19,22,25H,3-13,15H2,1-2H3,(H,23,24)/t17?,18?,19-,21?/m0/s1. The lowest BCUT2D eigenvalue weighted by molar-refractivity contribution is -0.137. The van der Waals surface area contributed by atoms with Gasteiger partial charge >= 0.3 is 5.97 Å². The third-order valence-electron chi connectivity index (χ3n) is 5.51. The molecule has 0 aromatic carbocycles. The quantitative estimate of drug-likeness (QED) is 0.331. The van der Waals surface area contributed by atoms with Gasteiger partial charge in [0.05, 0.1) is 11.7 Å². The van der Waals surface area contributed by atoms with E-state index in [1.807, 2.05) is 13.0 Å². The fourth-order valence-electron chi connectivity index (χ4n) is 3.88. The lowest BCUT2D eigenvalue weighted by Crippen LogP contribution is -2.22. The Balaban J connectivity index is 2.37. The molecule has 0 heterocycles. The van der Waals surface area contributed by atoms with E-state index < -0.39 is 11.6 Å². The molecule has 4 nitrogen and oxygen atoms in total. The van der Waals surface area contributed by atoms with Crippen LogP contribution in [0.15, 0.2) is 12.2 Å². The molecule has 146 valence electrons. The maximum Gasteiger partial charge on any atom is 0.303 e. The van der Waals surface area contributed by atoms with E-state index >= 15 is 0 Å². The highest BCUT2D eigenvalue weighted by molar-refractivity contribution is 5.66. The molecule has 1 saturated carbocycles. The van der Waals surface area contributed by atoms with Gasteiger partial charge in [0.1, 0.15) is 0 Å². The van der Waals surface area contributed by atoms with E-state index in [0.29, 0.717) is 5.92 Å². The Hall–Kier alpha value is -0.870.